The summed E-state index contributed by atoms with van der Waals surface area (Å²) in [6.07, 6.45) is 10.8. The molecule has 1 aliphatic carbocycles. The average Bonchev–Trinajstić information content (AvgIpc) is 2.80. The number of rotatable bonds is 9. The van der Waals surface area contributed by atoms with Crippen molar-refractivity contribution in [3.8, 4) is 0 Å². The van der Waals surface area contributed by atoms with E-state index in [1.165, 1.54) is 50.7 Å². The predicted octanol–water partition coefficient (Wildman–Crippen LogP) is 2.17. The summed E-state index contributed by atoms with van der Waals surface area (Å²) >= 11 is 1.90. The monoisotopic (exact) mass is 258 g/mol. The standard InChI is InChI=1S/C13H26N2OS/c1-17-10-6-2-5-9-14-11-13(16)15-12-7-3-4-8-12/h12,14H,2-11H2,1H3,(H,15,16). The third kappa shape index (κ3) is 7.66. The quantitative estimate of drug-likeness (QED) is 0.623. The smallest absolute Gasteiger partial charge is 0.234 e. The summed E-state index contributed by atoms with van der Waals surface area (Å²) in [5.41, 5.74) is 0. The SMILES string of the molecule is CSCCCCCNCC(=O)NC1CCCC1. The van der Waals surface area contributed by atoms with E-state index < -0.39 is 0 Å². The van der Waals surface area contributed by atoms with Crippen molar-refractivity contribution in [3.63, 3.8) is 0 Å². The molecule has 0 aliphatic heterocycles. The summed E-state index contributed by atoms with van der Waals surface area (Å²) in [4.78, 5) is 11.6. The number of carbonyl (C=O) groups is 1. The summed E-state index contributed by atoms with van der Waals surface area (Å²) in [5.74, 6) is 1.42. The molecule has 1 fully saturated rings. The first-order valence-corrected chi connectivity index (χ1v) is 8.21. The van der Waals surface area contributed by atoms with E-state index >= 15 is 0 Å². The molecule has 0 aromatic carbocycles. The van der Waals surface area contributed by atoms with Crippen molar-refractivity contribution in [2.75, 3.05) is 25.1 Å². The number of unbranched alkanes of at least 4 members (excludes halogenated alkanes) is 2. The molecule has 0 radical (unpaired) electrons. The van der Waals surface area contributed by atoms with Crippen LogP contribution >= 0.6 is 11.8 Å². The van der Waals surface area contributed by atoms with Gasteiger partial charge >= 0.3 is 0 Å². The van der Waals surface area contributed by atoms with Gasteiger partial charge in [-0.3, -0.25) is 4.79 Å². The minimum Gasteiger partial charge on any atom is -0.352 e. The maximum absolute atomic E-state index is 11.6. The predicted molar refractivity (Wildman–Crippen MR) is 75.5 cm³/mol. The van der Waals surface area contributed by atoms with Crippen LogP contribution in [-0.2, 0) is 4.79 Å². The Morgan fingerprint density at radius 1 is 1.24 bits per heavy atom. The lowest BCUT2D eigenvalue weighted by molar-refractivity contribution is -0.120. The van der Waals surface area contributed by atoms with Crippen molar-refractivity contribution in [1.82, 2.24) is 10.6 Å². The van der Waals surface area contributed by atoms with E-state index in [0.717, 1.165) is 6.54 Å². The summed E-state index contributed by atoms with van der Waals surface area (Å²) in [5, 5.41) is 6.30. The van der Waals surface area contributed by atoms with Gasteiger partial charge in [-0.15, -0.1) is 0 Å². The average molecular weight is 258 g/mol. The second-order valence-electron chi connectivity index (χ2n) is 4.78. The number of amides is 1. The number of carbonyl (C=O) groups excluding carboxylic acids is 1. The Morgan fingerprint density at radius 2 is 2.00 bits per heavy atom. The first-order valence-electron chi connectivity index (χ1n) is 6.82. The molecule has 0 aromatic rings. The van der Waals surface area contributed by atoms with Crippen LogP contribution in [0.4, 0.5) is 0 Å². The molecule has 0 atom stereocenters. The van der Waals surface area contributed by atoms with E-state index in [-0.39, 0.29) is 5.91 Å². The molecule has 0 bridgehead atoms. The minimum absolute atomic E-state index is 0.168. The van der Waals surface area contributed by atoms with Crippen LogP contribution < -0.4 is 10.6 Å². The van der Waals surface area contributed by atoms with Crippen LogP contribution in [0.3, 0.4) is 0 Å². The van der Waals surface area contributed by atoms with Crippen LogP contribution in [0.5, 0.6) is 0 Å². The van der Waals surface area contributed by atoms with Gasteiger partial charge in [0.15, 0.2) is 0 Å². The zero-order chi connectivity index (χ0) is 12.3. The molecular weight excluding hydrogens is 232 g/mol. The van der Waals surface area contributed by atoms with Crippen LogP contribution in [0.2, 0.25) is 0 Å². The summed E-state index contributed by atoms with van der Waals surface area (Å²) in [7, 11) is 0. The normalized spacial score (nSPS) is 16.3. The van der Waals surface area contributed by atoms with Gasteiger partial charge in [-0.05, 0) is 44.2 Å². The maximum Gasteiger partial charge on any atom is 0.234 e. The Morgan fingerprint density at radius 3 is 2.71 bits per heavy atom. The highest BCUT2D eigenvalue weighted by Gasteiger charge is 2.16. The molecule has 1 rings (SSSR count). The molecule has 3 nitrogen and oxygen atoms in total. The van der Waals surface area contributed by atoms with E-state index in [9.17, 15) is 4.79 Å². The minimum atomic E-state index is 0.168. The van der Waals surface area contributed by atoms with Gasteiger partial charge in [0.1, 0.15) is 0 Å². The largest absolute Gasteiger partial charge is 0.352 e. The van der Waals surface area contributed by atoms with Crippen molar-refractivity contribution in [2.24, 2.45) is 0 Å². The lowest BCUT2D eigenvalue weighted by Crippen LogP contribution is -2.39. The first kappa shape index (κ1) is 14.8. The molecule has 2 N–H and O–H groups in total. The van der Waals surface area contributed by atoms with E-state index in [4.69, 9.17) is 0 Å². The van der Waals surface area contributed by atoms with Crippen LogP contribution in [0.15, 0.2) is 0 Å². The van der Waals surface area contributed by atoms with E-state index in [0.29, 0.717) is 12.6 Å². The molecule has 1 aliphatic rings. The maximum atomic E-state index is 11.6. The second-order valence-corrected chi connectivity index (χ2v) is 5.76. The van der Waals surface area contributed by atoms with Gasteiger partial charge in [-0.2, -0.15) is 11.8 Å². The van der Waals surface area contributed by atoms with Gasteiger partial charge in [0, 0.05) is 6.04 Å². The molecule has 100 valence electrons. The van der Waals surface area contributed by atoms with E-state index in [1.807, 2.05) is 11.8 Å². The molecule has 0 heterocycles. The molecule has 1 saturated carbocycles. The topological polar surface area (TPSA) is 41.1 Å². The van der Waals surface area contributed by atoms with Crippen LogP contribution in [-0.4, -0.2) is 37.0 Å². The van der Waals surface area contributed by atoms with Crippen LogP contribution in [0.25, 0.3) is 0 Å². The molecule has 0 spiro atoms. The highest BCUT2D eigenvalue weighted by Crippen LogP contribution is 2.17. The highest BCUT2D eigenvalue weighted by atomic mass is 32.2. The van der Waals surface area contributed by atoms with Gasteiger partial charge in [-0.25, -0.2) is 0 Å². The summed E-state index contributed by atoms with van der Waals surface area (Å²) in [6.45, 7) is 1.45. The Hall–Kier alpha value is -0.220. The van der Waals surface area contributed by atoms with Crippen LogP contribution in [0, 0.1) is 0 Å². The molecule has 1 amide bonds. The molecule has 17 heavy (non-hydrogen) atoms. The Labute approximate surface area is 109 Å². The fourth-order valence-electron chi connectivity index (χ4n) is 2.22. The van der Waals surface area contributed by atoms with E-state index in [1.54, 1.807) is 0 Å². The van der Waals surface area contributed by atoms with Gasteiger partial charge in [0.05, 0.1) is 6.54 Å². The van der Waals surface area contributed by atoms with Crippen molar-refractivity contribution in [2.45, 2.75) is 51.0 Å². The number of hydrogen-bond donors (Lipinski definition) is 2. The van der Waals surface area contributed by atoms with Crippen molar-refractivity contribution < 1.29 is 4.79 Å². The first-order chi connectivity index (χ1) is 8.33. The number of thioether (sulfide) groups is 1. The second kappa shape index (κ2) is 9.77. The lowest BCUT2D eigenvalue weighted by Gasteiger charge is -2.12. The van der Waals surface area contributed by atoms with Gasteiger partial charge in [-0.1, -0.05) is 19.3 Å². The summed E-state index contributed by atoms with van der Waals surface area (Å²) in [6, 6.07) is 0.450. The van der Waals surface area contributed by atoms with E-state index in [2.05, 4.69) is 16.9 Å². The Kier molecular flexibility index (Phi) is 8.53. The zero-order valence-corrected chi connectivity index (χ0v) is 11.8. The van der Waals surface area contributed by atoms with Crippen LogP contribution in [0.1, 0.15) is 44.9 Å². The van der Waals surface area contributed by atoms with Gasteiger partial charge in [0.25, 0.3) is 0 Å². The fourth-order valence-corrected chi connectivity index (χ4v) is 2.72. The molecule has 4 heteroatoms. The summed E-state index contributed by atoms with van der Waals surface area (Å²) < 4.78 is 0. The lowest BCUT2D eigenvalue weighted by atomic mass is 10.2. The van der Waals surface area contributed by atoms with Crippen molar-refractivity contribution >= 4 is 17.7 Å². The van der Waals surface area contributed by atoms with Gasteiger partial charge in [0.2, 0.25) is 5.91 Å². The molecule has 0 saturated heterocycles. The Balaban J connectivity index is 1.86. The molecule has 0 aromatic heterocycles. The van der Waals surface area contributed by atoms with Crippen molar-refractivity contribution in [3.05, 3.63) is 0 Å². The van der Waals surface area contributed by atoms with Crippen molar-refractivity contribution in [1.29, 1.82) is 0 Å². The zero-order valence-electron chi connectivity index (χ0n) is 11.0. The highest BCUT2D eigenvalue weighted by molar-refractivity contribution is 7.98. The third-order valence-electron chi connectivity index (χ3n) is 3.21. The molecular formula is C13H26N2OS. The van der Waals surface area contributed by atoms with Gasteiger partial charge < -0.3 is 10.6 Å². The number of hydrogen-bond acceptors (Lipinski definition) is 3. The third-order valence-corrected chi connectivity index (χ3v) is 3.90. The Bertz CT molecular complexity index is 206. The fraction of sp³-hybridized carbons (Fsp3) is 0.923. The number of nitrogens with one attached hydrogen (secondary N) is 2. The molecule has 0 unspecified atom stereocenters.